The first-order valence-electron chi connectivity index (χ1n) is 8.20. The molecule has 1 aromatic rings. The summed E-state index contributed by atoms with van der Waals surface area (Å²) < 4.78 is 163. The number of rotatable bonds is 10. The molecule has 0 heterocycles. The smallest absolute Gasteiger partial charge is 0.465 e. The van der Waals surface area contributed by atoms with Gasteiger partial charge in [0.2, 0.25) is 0 Å². The van der Waals surface area contributed by atoms with E-state index in [1.807, 2.05) is 0 Å². The number of ether oxygens (including phenoxy) is 5. The fraction of sp³-hybridized carbons (Fsp3) is 0.500. The van der Waals surface area contributed by atoms with Crippen molar-refractivity contribution in [3.8, 4) is 5.75 Å². The molecular weight excluding hydrogens is 549 g/mol. The van der Waals surface area contributed by atoms with E-state index in [1.54, 1.807) is 0 Å². The summed E-state index contributed by atoms with van der Waals surface area (Å²) in [6.45, 7) is -4.93. The monoisotopic (exact) mass is 558 g/mol. The molecule has 1 aromatic carbocycles. The molecule has 2 unspecified atom stereocenters. The highest BCUT2D eigenvalue weighted by Gasteiger charge is 2.79. The van der Waals surface area contributed by atoms with Gasteiger partial charge in [-0.2, -0.15) is 48.3 Å². The predicted molar refractivity (Wildman–Crippen MR) is 87.4 cm³/mol. The van der Waals surface area contributed by atoms with Crippen molar-refractivity contribution in [1.82, 2.24) is 0 Å². The van der Waals surface area contributed by atoms with E-state index in [0.29, 0.717) is 13.2 Å². The Bertz CT molecular complexity index is 939. The van der Waals surface area contributed by atoms with Crippen LogP contribution in [0, 0.1) is 0 Å². The van der Waals surface area contributed by atoms with E-state index in [2.05, 4.69) is 35.3 Å². The van der Waals surface area contributed by atoms with Crippen LogP contribution in [0.4, 0.5) is 48.3 Å². The van der Waals surface area contributed by atoms with Crippen LogP contribution in [0.1, 0.15) is 20.7 Å². The highest BCUT2D eigenvalue weighted by Crippen LogP contribution is 2.52. The van der Waals surface area contributed by atoms with Gasteiger partial charge in [0.05, 0.1) is 19.8 Å². The van der Waals surface area contributed by atoms with E-state index in [0.717, 1.165) is 13.2 Å². The van der Waals surface area contributed by atoms with Crippen LogP contribution in [0.5, 0.6) is 5.75 Å². The van der Waals surface area contributed by atoms with Crippen molar-refractivity contribution in [2.24, 2.45) is 0 Å². The second kappa shape index (κ2) is 10.2. The molecule has 0 N–H and O–H groups in total. The minimum Gasteiger partial charge on any atom is -0.465 e. The fourth-order valence-corrected chi connectivity index (χ4v) is 2.17. The summed E-state index contributed by atoms with van der Waals surface area (Å²) >= 11 is 4.42. The van der Waals surface area contributed by atoms with E-state index >= 15 is 0 Å². The standard InChI is InChI=1S/C16H10ClF11O7/c1-31-9(29)6-3-4-7(10(30)32-2)8(5-6)33-16(27,28)13(17,21)35-15(25,26)12(20,14(22,23)24)34-11(18)19/h3-5,11H,1-2H3. The van der Waals surface area contributed by atoms with Gasteiger partial charge >= 0.3 is 48.1 Å². The highest BCUT2D eigenvalue weighted by molar-refractivity contribution is 6.22. The lowest BCUT2D eigenvalue weighted by atomic mass is 10.1. The maximum atomic E-state index is 14.3. The first-order valence-corrected chi connectivity index (χ1v) is 8.58. The molecule has 1 rings (SSSR count). The van der Waals surface area contributed by atoms with Gasteiger partial charge in [-0.05, 0) is 29.8 Å². The molecule has 0 aliphatic rings. The van der Waals surface area contributed by atoms with E-state index < -0.39 is 65.0 Å². The van der Waals surface area contributed by atoms with E-state index in [-0.39, 0.29) is 6.07 Å². The summed E-state index contributed by atoms with van der Waals surface area (Å²) in [5.41, 5.74) is -1.73. The molecule has 0 saturated heterocycles. The molecular formula is C16H10ClF11O7. The van der Waals surface area contributed by atoms with Gasteiger partial charge in [-0.25, -0.2) is 9.59 Å². The minimum atomic E-state index is -7.11. The molecule has 0 amide bonds. The molecule has 0 saturated carbocycles. The van der Waals surface area contributed by atoms with Crippen LogP contribution in [0.25, 0.3) is 0 Å². The average molecular weight is 559 g/mol. The van der Waals surface area contributed by atoms with Crippen LogP contribution >= 0.6 is 11.6 Å². The Morgan fingerprint density at radius 1 is 0.857 bits per heavy atom. The molecule has 0 aliphatic carbocycles. The van der Waals surface area contributed by atoms with Crippen molar-refractivity contribution < 1.29 is 81.6 Å². The summed E-state index contributed by atoms with van der Waals surface area (Å²) in [4.78, 5) is 23.2. The van der Waals surface area contributed by atoms with Crippen LogP contribution in [0.15, 0.2) is 18.2 Å². The third kappa shape index (κ3) is 6.35. The summed E-state index contributed by atoms with van der Waals surface area (Å²) in [5.74, 6) is -11.2. The second-order valence-electron chi connectivity index (χ2n) is 5.92. The van der Waals surface area contributed by atoms with Crippen LogP contribution < -0.4 is 4.74 Å². The maximum absolute atomic E-state index is 14.3. The van der Waals surface area contributed by atoms with Gasteiger partial charge in [-0.3, -0.25) is 9.47 Å². The fourth-order valence-electron chi connectivity index (χ4n) is 2.04. The van der Waals surface area contributed by atoms with E-state index in [9.17, 15) is 57.9 Å². The van der Waals surface area contributed by atoms with Crippen molar-refractivity contribution >= 4 is 23.5 Å². The summed E-state index contributed by atoms with van der Waals surface area (Å²) in [6, 6.07) is 1.56. The first kappa shape index (κ1) is 30.4. The highest BCUT2D eigenvalue weighted by atomic mass is 35.5. The molecule has 0 aliphatic heterocycles. The van der Waals surface area contributed by atoms with Crippen LogP contribution in [-0.4, -0.2) is 62.3 Å². The number of halogens is 12. The van der Waals surface area contributed by atoms with Crippen molar-refractivity contribution in [2.45, 2.75) is 36.2 Å². The first-order chi connectivity index (χ1) is 15.7. The summed E-state index contributed by atoms with van der Waals surface area (Å²) in [7, 11) is 1.50. The molecule has 35 heavy (non-hydrogen) atoms. The number of hydrogen-bond donors (Lipinski definition) is 0. The molecule has 0 aromatic heterocycles. The van der Waals surface area contributed by atoms with Crippen LogP contribution in [-0.2, 0) is 18.9 Å². The van der Waals surface area contributed by atoms with Crippen molar-refractivity contribution in [3.05, 3.63) is 29.3 Å². The quantitative estimate of drug-likeness (QED) is 0.223. The number of benzene rings is 1. The Hall–Kier alpha value is -2.60. The third-order valence-corrected chi connectivity index (χ3v) is 3.93. The molecule has 2 atom stereocenters. The number of carbonyl (C=O) groups is 2. The minimum absolute atomic E-state index is 0.242. The SMILES string of the molecule is COC(=O)c1ccc(C(=O)OC)c(OC(F)(F)C(F)(Cl)OC(F)(F)C(F)(OC(F)F)C(F)(F)F)c1. The molecule has 0 bridgehead atoms. The number of methoxy groups -OCH3 is 2. The molecule has 0 fully saturated rings. The average Bonchev–Trinajstić information content (AvgIpc) is 2.69. The number of carbonyl (C=O) groups excluding carboxylic acids is 2. The topological polar surface area (TPSA) is 80.3 Å². The summed E-state index contributed by atoms with van der Waals surface area (Å²) in [6.07, 6.45) is -20.2. The lowest BCUT2D eigenvalue weighted by Gasteiger charge is -2.37. The largest absolute Gasteiger partial charge is 0.476 e. The molecule has 200 valence electrons. The van der Waals surface area contributed by atoms with Crippen molar-refractivity contribution in [1.29, 1.82) is 0 Å². The summed E-state index contributed by atoms with van der Waals surface area (Å²) in [5, 5.41) is -5.96. The van der Waals surface area contributed by atoms with Crippen molar-refractivity contribution in [2.75, 3.05) is 14.2 Å². The van der Waals surface area contributed by atoms with Gasteiger partial charge in [0, 0.05) is 0 Å². The van der Waals surface area contributed by atoms with Gasteiger partial charge in [0.15, 0.2) is 0 Å². The zero-order valence-electron chi connectivity index (χ0n) is 16.7. The van der Waals surface area contributed by atoms with Crippen molar-refractivity contribution in [3.63, 3.8) is 0 Å². The maximum Gasteiger partial charge on any atom is 0.476 e. The van der Waals surface area contributed by atoms with Gasteiger partial charge in [-0.15, -0.1) is 0 Å². The molecule has 0 radical (unpaired) electrons. The van der Waals surface area contributed by atoms with Gasteiger partial charge < -0.3 is 14.2 Å². The van der Waals surface area contributed by atoms with Gasteiger partial charge in [-0.1, -0.05) is 0 Å². The van der Waals surface area contributed by atoms with E-state index in [4.69, 9.17) is 0 Å². The van der Waals surface area contributed by atoms with Crippen LogP contribution in [0.3, 0.4) is 0 Å². The third-order valence-electron chi connectivity index (χ3n) is 3.63. The Morgan fingerprint density at radius 2 is 1.37 bits per heavy atom. The Labute approximate surface area is 191 Å². The number of hydrogen-bond acceptors (Lipinski definition) is 7. The second-order valence-corrected chi connectivity index (χ2v) is 6.41. The number of esters is 2. The molecule has 7 nitrogen and oxygen atoms in total. The lowest BCUT2D eigenvalue weighted by Crippen LogP contribution is -2.63. The van der Waals surface area contributed by atoms with Gasteiger partial charge in [0.25, 0.3) is 0 Å². The van der Waals surface area contributed by atoms with Gasteiger partial charge in [0.1, 0.15) is 11.3 Å². The zero-order valence-corrected chi connectivity index (χ0v) is 17.5. The Morgan fingerprint density at radius 3 is 1.80 bits per heavy atom. The normalized spacial score (nSPS) is 16.3. The van der Waals surface area contributed by atoms with Crippen LogP contribution in [0.2, 0.25) is 0 Å². The lowest BCUT2D eigenvalue weighted by molar-refractivity contribution is -0.508. The number of alkyl halides is 12. The van der Waals surface area contributed by atoms with E-state index in [1.165, 1.54) is 0 Å². The molecule has 0 spiro atoms. The molecule has 19 heteroatoms. The Balaban J connectivity index is 3.48. The Kier molecular flexibility index (Phi) is 8.85. The predicted octanol–water partition coefficient (Wildman–Crippen LogP) is 5.17. The zero-order chi connectivity index (χ0) is 27.6.